The maximum Gasteiger partial charge on any atom is 0.230 e. The molecule has 1 aliphatic heterocycles. The lowest BCUT2D eigenvalue weighted by Crippen LogP contribution is -2.34. The Morgan fingerprint density at radius 3 is 2.35 bits per heavy atom. The minimum atomic E-state index is -0.373. The molecule has 90 valence electrons. The third-order valence-corrected chi connectivity index (χ3v) is 3.90. The first-order chi connectivity index (χ1) is 7.99. The van der Waals surface area contributed by atoms with E-state index < -0.39 is 0 Å². The summed E-state index contributed by atoms with van der Waals surface area (Å²) in [5.41, 5.74) is 0.258. The van der Waals surface area contributed by atoms with Crippen molar-refractivity contribution >= 4 is 52.1 Å². The van der Waals surface area contributed by atoms with Crippen LogP contribution in [0.4, 0.5) is 0 Å². The van der Waals surface area contributed by atoms with E-state index in [0.717, 1.165) is 16.2 Å². The van der Waals surface area contributed by atoms with Gasteiger partial charge in [0.25, 0.3) is 0 Å². The SMILES string of the molecule is O=C(CN1C(=O)CCC1=O)c1cc(Cl)sc1Cl. The van der Waals surface area contributed by atoms with Crippen molar-refractivity contribution < 1.29 is 14.4 Å². The van der Waals surface area contributed by atoms with Gasteiger partial charge in [-0.15, -0.1) is 11.3 Å². The van der Waals surface area contributed by atoms with Crippen molar-refractivity contribution in [3.8, 4) is 0 Å². The summed E-state index contributed by atoms with van der Waals surface area (Å²) >= 11 is 12.6. The molecule has 1 aliphatic rings. The van der Waals surface area contributed by atoms with Crippen LogP contribution in [0, 0.1) is 0 Å². The average Bonchev–Trinajstić information content (AvgIpc) is 2.74. The molecule has 1 aromatic heterocycles. The lowest BCUT2D eigenvalue weighted by Gasteiger charge is -2.11. The molecular weight excluding hydrogens is 285 g/mol. The van der Waals surface area contributed by atoms with E-state index in [1.54, 1.807) is 0 Å². The van der Waals surface area contributed by atoms with E-state index in [-0.39, 0.29) is 46.9 Å². The van der Waals surface area contributed by atoms with Gasteiger partial charge in [-0.1, -0.05) is 23.2 Å². The highest BCUT2D eigenvalue weighted by Crippen LogP contribution is 2.31. The van der Waals surface area contributed by atoms with Crippen LogP contribution < -0.4 is 0 Å². The van der Waals surface area contributed by atoms with Gasteiger partial charge in [-0.05, 0) is 6.07 Å². The Bertz CT molecular complexity index is 496. The highest BCUT2D eigenvalue weighted by Gasteiger charge is 2.31. The molecule has 0 radical (unpaired) electrons. The summed E-state index contributed by atoms with van der Waals surface area (Å²) in [5, 5.41) is 0. The summed E-state index contributed by atoms with van der Waals surface area (Å²) in [5.74, 6) is -1.01. The molecule has 0 bridgehead atoms. The average molecular weight is 292 g/mol. The van der Waals surface area contributed by atoms with Crippen LogP contribution in [0.2, 0.25) is 8.67 Å². The standard InChI is InChI=1S/C10H7Cl2NO3S/c11-7-3-5(10(12)17-7)6(14)4-13-8(15)1-2-9(13)16/h3H,1-2,4H2. The van der Waals surface area contributed by atoms with E-state index in [1.165, 1.54) is 6.07 Å². The van der Waals surface area contributed by atoms with Crippen LogP contribution in [0.3, 0.4) is 0 Å². The molecular formula is C10H7Cl2NO3S. The molecule has 0 unspecified atom stereocenters. The molecule has 0 atom stereocenters. The monoisotopic (exact) mass is 291 g/mol. The van der Waals surface area contributed by atoms with E-state index >= 15 is 0 Å². The predicted octanol–water partition coefficient (Wildman–Crippen LogP) is 2.39. The minimum Gasteiger partial charge on any atom is -0.292 e. The van der Waals surface area contributed by atoms with E-state index in [2.05, 4.69) is 0 Å². The van der Waals surface area contributed by atoms with Gasteiger partial charge in [-0.25, -0.2) is 0 Å². The number of imide groups is 1. The van der Waals surface area contributed by atoms with E-state index in [9.17, 15) is 14.4 Å². The van der Waals surface area contributed by atoms with Crippen LogP contribution in [-0.4, -0.2) is 29.0 Å². The first-order valence-corrected chi connectivity index (χ1v) is 6.37. The quantitative estimate of drug-likeness (QED) is 0.635. The maximum absolute atomic E-state index is 11.8. The molecule has 1 fully saturated rings. The third kappa shape index (κ3) is 2.51. The number of carbonyl (C=O) groups excluding carboxylic acids is 3. The van der Waals surface area contributed by atoms with Crippen molar-refractivity contribution in [2.24, 2.45) is 0 Å². The lowest BCUT2D eigenvalue weighted by molar-refractivity contribution is -0.137. The van der Waals surface area contributed by atoms with Crippen LogP contribution in [0.5, 0.6) is 0 Å². The van der Waals surface area contributed by atoms with Gasteiger partial charge in [0.15, 0.2) is 5.78 Å². The van der Waals surface area contributed by atoms with E-state index in [0.29, 0.717) is 4.34 Å². The number of Topliss-reactive ketones (excluding diaryl/α,β-unsaturated/α-hetero) is 1. The smallest absolute Gasteiger partial charge is 0.230 e. The number of amides is 2. The number of thiophene rings is 1. The van der Waals surface area contributed by atoms with E-state index in [4.69, 9.17) is 23.2 Å². The zero-order valence-corrected chi connectivity index (χ0v) is 10.9. The van der Waals surface area contributed by atoms with Gasteiger partial charge < -0.3 is 0 Å². The molecule has 1 aromatic rings. The van der Waals surface area contributed by atoms with Gasteiger partial charge >= 0.3 is 0 Å². The number of carbonyl (C=O) groups is 3. The molecule has 0 aliphatic carbocycles. The molecule has 1 saturated heterocycles. The molecule has 0 N–H and O–H groups in total. The Kier molecular flexibility index (Phi) is 3.51. The van der Waals surface area contributed by atoms with Gasteiger partial charge in [0, 0.05) is 12.8 Å². The van der Waals surface area contributed by atoms with Gasteiger partial charge in [0.05, 0.1) is 16.4 Å². The van der Waals surface area contributed by atoms with Crippen molar-refractivity contribution in [2.45, 2.75) is 12.8 Å². The van der Waals surface area contributed by atoms with Gasteiger partial charge in [-0.3, -0.25) is 19.3 Å². The second-order valence-electron chi connectivity index (χ2n) is 3.53. The van der Waals surface area contributed by atoms with Crippen LogP contribution in [0.1, 0.15) is 23.2 Å². The van der Waals surface area contributed by atoms with Crippen molar-refractivity contribution in [3.63, 3.8) is 0 Å². The molecule has 0 aromatic carbocycles. The minimum absolute atomic E-state index is 0.171. The molecule has 2 heterocycles. The molecule has 2 amide bonds. The molecule has 2 rings (SSSR count). The third-order valence-electron chi connectivity index (χ3n) is 2.41. The largest absolute Gasteiger partial charge is 0.292 e. The van der Waals surface area contributed by atoms with Gasteiger partial charge in [-0.2, -0.15) is 0 Å². The highest BCUT2D eigenvalue weighted by atomic mass is 35.5. The van der Waals surface area contributed by atoms with Gasteiger partial charge in [0.1, 0.15) is 4.34 Å². The van der Waals surface area contributed by atoms with Crippen LogP contribution in [0.15, 0.2) is 6.07 Å². The first-order valence-electron chi connectivity index (χ1n) is 4.80. The molecule has 7 heteroatoms. The summed E-state index contributed by atoms with van der Waals surface area (Å²) in [4.78, 5) is 35.5. The summed E-state index contributed by atoms with van der Waals surface area (Å²) in [6.45, 7) is -0.259. The Morgan fingerprint density at radius 1 is 1.29 bits per heavy atom. The Morgan fingerprint density at radius 2 is 1.88 bits per heavy atom. The van der Waals surface area contributed by atoms with Crippen LogP contribution in [0.25, 0.3) is 0 Å². The van der Waals surface area contributed by atoms with Crippen LogP contribution in [-0.2, 0) is 9.59 Å². The summed E-state index contributed by atoms with van der Waals surface area (Å²) < 4.78 is 0.677. The normalized spacial score (nSPS) is 15.8. The maximum atomic E-state index is 11.8. The lowest BCUT2D eigenvalue weighted by atomic mass is 10.2. The summed E-state index contributed by atoms with van der Waals surface area (Å²) in [6.07, 6.45) is 0.342. The predicted molar refractivity (Wildman–Crippen MR) is 64.6 cm³/mol. The number of hydrogen-bond donors (Lipinski definition) is 0. The van der Waals surface area contributed by atoms with Crippen molar-refractivity contribution in [2.75, 3.05) is 6.54 Å². The van der Waals surface area contributed by atoms with E-state index in [1.807, 2.05) is 0 Å². The van der Waals surface area contributed by atoms with Crippen molar-refractivity contribution in [3.05, 3.63) is 20.3 Å². The second-order valence-corrected chi connectivity index (χ2v) is 5.82. The number of likely N-dealkylation sites (tertiary alicyclic amines) is 1. The topological polar surface area (TPSA) is 54.5 Å². The Labute approximate surface area is 111 Å². The summed E-state index contributed by atoms with van der Waals surface area (Å²) in [7, 11) is 0. The number of ketones is 1. The number of hydrogen-bond acceptors (Lipinski definition) is 4. The highest BCUT2D eigenvalue weighted by molar-refractivity contribution is 7.20. The number of nitrogens with zero attached hydrogens (tertiary/aromatic N) is 1. The van der Waals surface area contributed by atoms with Crippen LogP contribution >= 0.6 is 34.5 Å². The fourth-order valence-corrected chi connectivity index (χ4v) is 3.06. The Balaban J connectivity index is 2.14. The number of rotatable bonds is 3. The molecule has 4 nitrogen and oxygen atoms in total. The zero-order chi connectivity index (χ0) is 12.6. The molecule has 0 saturated carbocycles. The Hall–Kier alpha value is -0.910. The van der Waals surface area contributed by atoms with Gasteiger partial charge in [0.2, 0.25) is 11.8 Å². The van der Waals surface area contributed by atoms with Crippen molar-refractivity contribution in [1.29, 1.82) is 0 Å². The number of halogens is 2. The zero-order valence-electron chi connectivity index (χ0n) is 8.53. The molecule has 0 spiro atoms. The fraction of sp³-hybridized carbons (Fsp3) is 0.300. The second kappa shape index (κ2) is 4.76. The fourth-order valence-electron chi connectivity index (χ4n) is 1.56. The molecule has 17 heavy (non-hydrogen) atoms. The first kappa shape index (κ1) is 12.5. The van der Waals surface area contributed by atoms with Crippen molar-refractivity contribution in [1.82, 2.24) is 4.90 Å². The summed E-state index contributed by atoms with van der Waals surface area (Å²) in [6, 6.07) is 1.45.